The number of halogens is 5. The fourth-order valence-electron chi connectivity index (χ4n) is 3.85. The van der Waals surface area contributed by atoms with Crippen molar-refractivity contribution in [1.29, 1.82) is 0 Å². The molecule has 0 amide bonds. The fraction of sp³-hybridized carbons (Fsp3) is 0.444. The molecule has 1 aliphatic heterocycles. The van der Waals surface area contributed by atoms with Gasteiger partial charge in [0.15, 0.2) is 11.6 Å². The number of carbonyl (C=O) groups is 1. The Kier molecular flexibility index (Phi) is 8.54. The Hall–Kier alpha value is -1.85. The van der Waals surface area contributed by atoms with Crippen molar-refractivity contribution in [3.05, 3.63) is 33.6 Å². The topological polar surface area (TPSA) is 124 Å². The lowest BCUT2D eigenvalue weighted by molar-refractivity contribution is 0.0694. The van der Waals surface area contributed by atoms with Gasteiger partial charge in [0.25, 0.3) is 0 Å². The maximum absolute atomic E-state index is 15.6. The lowest BCUT2D eigenvalue weighted by Crippen LogP contribution is -2.34. The average molecular weight is 504 g/mol. The van der Waals surface area contributed by atoms with Crippen LogP contribution in [0.5, 0.6) is 0 Å². The number of carboxylic acid groups (broad SMARTS) is 1. The summed E-state index contributed by atoms with van der Waals surface area (Å²) in [6, 6.07) is -0.610. The Morgan fingerprint density at radius 3 is 2.29 bits per heavy atom. The van der Waals surface area contributed by atoms with Gasteiger partial charge >= 0.3 is 5.97 Å². The number of methoxy groups -OCH3 is 1. The first kappa shape index (κ1) is 27.2. The molecule has 2 aromatic rings. The van der Waals surface area contributed by atoms with Crippen LogP contribution in [0.2, 0.25) is 0 Å². The quantitative estimate of drug-likeness (QED) is 0.547. The second kappa shape index (κ2) is 9.74. The van der Waals surface area contributed by atoms with Gasteiger partial charge in [-0.15, -0.1) is 37.2 Å². The van der Waals surface area contributed by atoms with Crippen LogP contribution in [0.4, 0.5) is 20.2 Å². The molecule has 13 heteroatoms. The highest BCUT2D eigenvalue weighted by Crippen LogP contribution is 2.42. The van der Waals surface area contributed by atoms with Crippen LogP contribution in [0.3, 0.4) is 0 Å². The summed E-state index contributed by atoms with van der Waals surface area (Å²) in [5, 5.41) is 8.87. The Morgan fingerprint density at radius 2 is 1.81 bits per heavy atom. The molecule has 4 rings (SSSR count). The molecule has 1 aromatic heterocycles. The van der Waals surface area contributed by atoms with E-state index in [0.29, 0.717) is 12.8 Å². The summed E-state index contributed by atoms with van der Waals surface area (Å²) in [6.45, 7) is 0.315. The van der Waals surface area contributed by atoms with Gasteiger partial charge in [-0.3, -0.25) is 4.79 Å². The van der Waals surface area contributed by atoms with E-state index < -0.39 is 51.8 Å². The van der Waals surface area contributed by atoms with Crippen molar-refractivity contribution in [2.75, 3.05) is 30.8 Å². The molecule has 1 saturated carbocycles. The molecule has 2 aliphatic rings. The van der Waals surface area contributed by atoms with Crippen molar-refractivity contribution < 1.29 is 23.4 Å². The molecular formula is C18H23Cl3F2N4O4. The van der Waals surface area contributed by atoms with Crippen LogP contribution in [0.1, 0.15) is 29.2 Å². The lowest BCUT2D eigenvalue weighted by atomic mass is 10.1. The zero-order valence-corrected chi connectivity index (χ0v) is 18.8. The van der Waals surface area contributed by atoms with E-state index in [4.69, 9.17) is 16.2 Å². The van der Waals surface area contributed by atoms with Crippen molar-refractivity contribution in [3.63, 3.8) is 0 Å². The Balaban J connectivity index is 0.00000160. The van der Waals surface area contributed by atoms with E-state index in [1.165, 1.54) is 16.6 Å². The van der Waals surface area contributed by atoms with Crippen molar-refractivity contribution in [2.24, 2.45) is 5.73 Å². The Labute approximate surface area is 194 Å². The van der Waals surface area contributed by atoms with Crippen LogP contribution in [0.15, 0.2) is 11.0 Å². The summed E-state index contributed by atoms with van der Waals surface area (Å²) in [5.74, 6) is -3.53. The predicted molar refractivity (Wildman–Crippen MR) is 120 cm³/mol. The number of ether oxygens (including phenoxy) is 1. The standard InChI is InChI=1S/C18H20F2N4O4.3ClH/c1-28-10-6-23(5-9(10)21)16-12(19)14(22)11-15(13(16)20)24(7-2-3-7)4-8(17(11)25)18(26)27;;;/h4,7,9-10H,2-3,5-6,21-22H2,1H3,(H,26,27);3*1H/t9-,10+;;;/m0.../s1. The minimum atomic E-state index is -1.47. The zero-order chi connectivity index (χ0) is 20.3. The smallest absolute Gasteiger partial charge is 0.341 e. The van der Waals surface area contributed by atoms with E-state index >= 15 is 8.78 Å². The number of carboxylic acids is 1. The number of fused-ring (bicyclic) bond motifs is 1. The second-order valence-electron chi connectivity index (χ2n) is 7.27. The highest BCUT2D eigenvalue weighted by molar-refractivity contribution is 5.99. The molecule has 2 atom stereocenters. The van der Waals surface area contributed by atoms with Crippen LogP contribution in [0.25, 0.3) is 10.9 Å². The summed E-state index contributed by atoms with van der Waals surface area (Å²) >= 11 is 0. The molecule has 31 heavy (non-hydrogen) atoms. The summed E-state index contributed by atoms with van der Waals surface area (Å²) in [7, 11) is 1.47. The van der Waals surface area contributed by atoms with E-state index in [-0.39, 0.29) is 67.6 Å². The van der Waals surface area contributed by atoms with Crippen molar-refractivity contribution in [2.45, 2.75) is 31.0 Å². The van der Waals surface area contributed by atoms with Gasteiger partial charge in [-0.2, -0.15) is 0 Å². The molecule has 5 N–H and O–H groups in total. The fourth-order valence-corrected chi connectivity index (χ4v) is 3.85. The zero-order valence-electron chi connectivity index (χ0n) is 16.3. The third-order valence-electron chi connectivity index (χ3n) is 5.46. The number of anilines is 2. The van der Waals surface area contributed by atoms with Crippen molar-refractivity contribution >= 4 is 65.5 Å². The third kappa shape index (κ3) is 4.27. The van der Waals surface area contributed by atoms with Gasteiger partial charge in [-0.05, 0) is 12.8 Å². The number of rotatable bonds is 4. The molecule has 0 spiro atoms. The first-order chi connectivity index (χ1) is 13.3. The lowest BCUT2D eigenvalue weighted by Gasteiger charge is -2.23. The number of pyridine rings is 1. The maximum atomic E-state index is 15.6. The Bertz CT molecular complexity index is 1060. The monoisotopic (exact) mass is 502 g/mol. The van der Waals surface area contributed by atoms with Crippen molar-refractivity contribution in [1.82, 2.24) is 4.57 Å². The molecule has 1 aromatic carbocycles. The van der Waals surface area contributed by atoms with E-state index in [1.807, 2.05) is 0 Å². The summed E-state index contributed by atoms with van der Waals surface area (Å²) in [4.78, 5) is 25.5. The van der Waals surface area contributed by atoms with Crippen LogP contribution >= 0.6 is 37.2 Å². The number of nitrogens with two attached hydrogens (primary N) is 2. The molecule has 2 heterocycles. The van der Waals surface area contributed by atoms with Crippen LogP contribution in [-0.4, -0.2) is 48.0 Å². The van der Waals surface area contributed by atoms with Crippen LogP contribution < -0.4 is 21.8 Å². The molecule has 1 aliphatic carbocycles. The summed E-state index contributed by atoms with van der Waals surface area (Å²) in [5.41, 5.74) is 9.15. The minimum Gasteiger partial charge on any atom is -0.477 e. The second-order valence-corrected chi connectivity index (χ2v) is 7.27. The highest BCUT2D eigenvalue weighted by atomic mass is 35.5. The molecule has 0 radical (unpaired) electrons. The number of nitrogens with zero attached hydrogens (tertiary/aromatic N) is 2. The minimum absolute atomic E-state index is 0. The SMILES string of the molecule is CO[C@@H]1CN(c2c(F)c(N)c3c(=O)c(C(=O)O)cn(C4CC4)c3c2F)C[C@@H]1N.Cl.Cl.Cl. The first-order valence-corrected chi connectivity index (χ1v) is 8.88. The van der Waals surface area contributed by atoms with Gasteiger partial charge < -0.3 is 30.8 Å². The largest absolute Gasteiger partial charge is 0.477 e. The molecule has 0 unspecified atom stereocenters. The normalized spacial score (nSPS) is 20.1. The highest BCUT2D eigenvalue weighted by Gasteiger charge is 2.37. The number of aromatic nitrogens is 1. The predicted octanol–water partition coefficient (Wildman–Crippen LogP) is 2.32. The van der Waals surface area contributed by atoms with Gasteiger partial charge in [0.1, 0.15) is 11.3 Å². The average Bonchev–Trinajstić information content (AvgIpc) is 3.42. The number of benzene rings is 1. The summed E-state index contributed by atoms with van der Waals surface area (Å²) in [6.07, 6.45) is 2.10. The molecular weight excluding hydrogens is 481 g/mol. The van der Waals surface area contributed by atoms with Gasteiger partial charge in [0.05, 0.1) is 28.7 Å². The number of nitrogen functional groups attached to an aromatic ring is 1. The molecule has 0 bridgehead atoms. The number of hydrogen-bond donors (Lipinski definition) is 3. The van der Waals surface area contributed by atoms with Crippen LogP contribution in [0, 0.1) is 11.6 Å². The molecule has 2 fully saturated rings. The summed E-state index contributed by atoms with van der Waals surface area (Å²) < 4.78 is 37.3. The third-order valence-corrected chi connectivity index (χ3v) is 5.46. The van der Waals surface area contributed by atoms with Crippen molar-refractivity contribution in [3.8, 4) is 0 Å². The van der Waals surface area contributed by atoms with Gasteiger partial charge in [0.2, 0.25) is 5.43 Å². The van der Waals surface area contributed by atoms with E-state index in [9.17, 15) is 14.7 Å². The Morgan fingerprint density at radius 1 is 1.19 bits per heavy atom. The molecule has 174 valence electrons. The molecule has 8 nitrogen and oxygen atoms in total. The van der Waals surface area contributed by atoms with E-state index in [2.05, 4.69) is 0 Å². The number of hydrogen-bond acceptors (Lipinski definition) is 6. The number of aromatic carboxylic acids is 1. The van der Waals surface area contributed by atoms with Gasteiger partial charge in [0, 0.05) is 32.4 Å². The van der Waals surface area contributed by atoms with E-state index in [1.54, 1.807) is 0 Å². The first-order valence-electron chi connectivity index (χ1n) is 8.88. The van der Waals surface area contributed by atoms with E-state index in [0.717, 1.165) is 6.20 Å². The maximum Gasteiger partial charge on any atom is 0.341 e. The van der Waals surface area contributed by atoms with Gasteiger partial charge in [-0.1, -0.05) is 0 Å². The molecule has 1 saturated heterocycles. The van der Waals surface area contributed by atoms with Crippen LogP contribution in [-0.2, 0) is 4.74 Å². The van der Waals surface area contributed by atoms with Gasteiger partial charge in [-0.25, -0.2) is 13.6 Å².